The number of methoxy groups -OCH3 is 1. The number of sulfonamides is 1. The van der Waals surface area contributed by atoms with Gasteiger partial charge in [-0.15, -0.1) is 0 Å². The zero-order chi connectivity index (χ0) is 22.6. The van der Waals surface area contributed by atoms with Crippen molar-refractivity contribution in [2.45, 2.75) is 31.6 Å². The number of hydrogen-bond donors (Lipinski definition) is 2. The first kappa shape index (κ1) is 22.4. The second-order valence-electron chi connectivity index (χ2n) is 7.48. The van der Waals surface area contributed by atoms with Crippen LogP contribution >= 0.6 is 0 Å². The quantitative estimate of drug-likeness (QED) is 0.532. The molecule has 0 heterocycles. The van der Waals surface area contributed by atoms with Gasteiger partial charge in [-0.25, -0.2) is 8.42 Å². The highest BCUT2D eigenvalue weighted by Gasteiger charge is 2.21. The number of ether oxygens (including phenoxy) is 1. The van der Waals surface area contributed by atoms with Crippen LogP contribution in [0.3, 0.4) is 0 Å². The number of para-hydroxylation sites is 1. The van der Waals surface area contributed by atoms with Gasteiger partial charge in [0.15, 0.2) is 0 Å². The van der Waals surface area contributed by atoms with E-state index < -0.39 is 10.0 Å². The lowest BCUT2D eigenvalue weighted by molar-refractivity contribution is 0.102. The summed E-state index contributed by atoms with van der Waals surface area (Å²) in [5.41, 5.74) is 3.05. The van der Waals surface area contributed by atoms with Crippen LogP contribution in [0.15, 0.2) is 71.6 Å². The molecule has 6 nitrogen and oxygen atoms in total. The smallest absolute Gasteiger partial charge is 0.261 e. The zero-order valence-corrected chi connectivity index (χ0v) is 18.8. The van der Waals surface area contributed by atoms with E-state index in [2.05, 4.69) is 10.0 Å². The predicted molar refractivity (Wildman–Crippen MR) is 123 cm³/mol. The standard InChI is InChI=1S/C24H26N2O4S/c1-16(2)20-12-8-9-17(3)23(20)26-31(28,29)19-13-14-22(30-4)21(15-19)25-24(27)18-10-6-5-7-11-18/h5-16,26H,1-4H3,(H,25,27). The topological polar surface area (TPSA) is 84.5 Å². The Labute approximate surface area is 183 Å². The number of benzene rings is 3. The second-order valence-corrected chi connectivity index (χ2v) is 9.16. The van der Waals surface area contributed by atoms with Gasteiger partial charge in [-0.3, -0.25) is 9.52 Å². The van der Waals surface area contributed by atoms with Crippen molar-refractivity contribution in [2.75, 3.05) is 17.1 Å². The Balaban J connectivity index is 1.96. The first-order valence-electron chi connectivity index (χ1n) is 9.89. The Morgan fingerprint density at radius 1 is 0.968 bits per heavy atom. The van der Waals surface area contributed by atoms with E-state index in [1.807, 2.05) is 45.0 Å². The molecule has 7 heteroatoms. The maximum absolute atomic E-state index is 13.2. The van der Waals surface area contributed by atoms with E-state index >= 15 is 0 Å². The lowest BCUT2D eigenvalue weighted by Crippen LogP contribution is -2.17. The minimum atomic E-state index is -3.90. The van der Waals surface area contributed by atoms with E-state index in [1.54, 1.807) is 24.3 Å². The summed E-state index contributed by atoms with van der Waals surface area (Å²) >= 11 is 0. The third-order valence-corrected chi connectivity index (χ3v) is 6.28. The Kier molecular flexibility index (Phi) is 6.65. The average molecular weight is 439 g/mol. The van der Waals surface area contributed by atoms with Crippen molar-refractivity contribution in [3.63, 3.8) is 0 Å². The van der Waals surface area contributed by atoms with Gasteiger partial charge in [-0.2, -0.15) is 0 Å². The number of carbonyl (C=O) groups excluding carboxylic acids is 1. The Hall–Kier alpha value is -3.32. The number of carbonyl (C=O) groups is 1. The average Bonchev–Trinajstić information content (AvgIpc) is 2.75. The number of nitrogens with one attached hydrogen (secondary N) is 2. The fourth-order valence-corrected chi connectivity index (χ4v) is 4.43. The molecular formula is C24H26N2O4S. The fraction of sp³-hybridized carbons (Fsp3) is 0.208. The van der Waals surface area contributed by atoms with Crippen molar-refractivity contribution in [3.05, 3.63) is 83.4 Å². The van der Waals surface area contributed by atoms with Crippen molar-refractivity contribution in [3.8, 4) is 5.75 Å². The van der Waals surface area contributed by atoms with Crippen molar-refractivity contribution in [2.24, 2.45) is 0 Å². The van der Waals surface area contributed by atoms with Gasteiger partial charge in [-0.1, -0.05) is 50.2 Å². The summed E-state index contributed by atoms with van der Waals surface area (Å²) in [6, 6.07) is 18.7. The molecule has 0 aliphatic heterocycles. The molecule has 0 spiro atoms. The lowest BCUT2D eigenvalue weighted by Gasteiger charge is -2.18. The first-order valence-corrected chi connectivity index (χ1v) is 11.4. The molecule has 0 aliphatic rings. The predicted octanol–water partition coefficient (Wildman–Crippen LogP) is 5.18. The molecule has 0 atom stereocenters. The van der Waals surface area contributed by atoms with Gasteiger partial charge in [-0.05, 0) is 54.3 Å². The molecule has 0 bridgehead atoms. The van der Waals surface area contributed by atoms with Crippen molar-refractivity contribution in [1.82, 2.24) is 0 Å². The van der Waals surface area contributed by atoms with Gasteiger partial charge in [0, 0.05) is 5.56 Å². The van der Waals surface area contributed by atoms with Crippen LogP contribution in [0.2, 0.25) is 0 Å². The molecule has 162 valence electrons. The third kappa shape index (κ3) is 5.06. The molecule has 3 rings (SSSR count). The highest BCUT2D eigenvalue weighted by molar-refractivity contribution is 7.92. The van der Waals surface area contributed by atoms with E-state index in [9.17, 15) is 13.2 Å². The van der Waals surface area contributed by atoms with Crippen molar-refractivity contribution in [1.29, 1.82) is 0 Å². The van der Waals surface area contributed by atoms with Gasteiger partial charge in [0.2, 0.25) is 0 Å². The molecule has 0 aromatic heterocycles. The molecule has 0 radical (unpaired) electrons. The summed E-state index contributed by atoms with van der Waals surface area (Å²) in [5.74, 6) is 0.151. The molecule has 0 saturated carbocycles. The van der Waals surface area contributed by atoms with E-state index in [4.69, 9.17) is 4.74 Å². The summed E-state index contributed by atoms with van der Waals surface area (Å²) in [6.45, 7) is 5.89. The molecular weight excluding hydrogens is 412 g/mol. The lowest BCUT2D eigenvalue weighted by atomic mass is 9.99. The summed E-state index contributed by atoms with van der Waals surface area (Å²) in [4.78, 5) is 12.6. The van der Waals surface area contributed by atoms with Crippen LogP contribution in [0.1, 0.15) is 41.3 Å². The number of anilines is 2. The van der Waals surface area contributed by atoms with Gasteiger partial charge in [0.1, 0.15) is 5.75 Å². The number of hydrogen-bond acceptors (Lipinski definition) is 4. The minimum absolute atomic E-state index is 0.0228. The zero-order valence-electron chi connectivity index (χ0n) is 18.0. The van der Waals surface area contributed by atoms with Crippen LogP contribution in [-0.4, -0.2) is 21.4 Å². The minimum Gasteiger partial charge on any atom is -0.495 e. The van der Waals surface area contributed by atoms with Crippen LogP contribution in [0.5, 0.6) is 5.75 Å². The summed E-state index contributed by atoms with van der Waals surface area (Å²) in [7, 11) is -2.44. The van der Waals surface area contributed by atoms with Crippen LogP contribution in [0, 0.1) is 6.92 Å². The van der Waals surface area contributed by atoms with Crippen LogP contribution < -0.4 is 14.8 Å². The molecule has 0 saturated heterocycles. The van der Waals surface area contributed by atoms with E-state index in [0.29, 0.717) is 17.0 Å². The monoisotopic (exact) mass is 438 g/mol. The van der Waals surface area contributed by atoms with Gasteiger partial charge < -0.3 is 10.1 Å². The Bertz CT molecular complexity index is 1190. The molecule has 3 aromatic rings. The number of amides is 1. The molecule has 0 unspecified atom stereocenters. The molecule has 0 fully saturated rings. The van der Waals surface area contributed by atoms with E-state index in [0.717, 1.165) is 11.1 Å². The maximum Gasteiger partial charge on any atom is 0.261 e. The summed E-state index contributed by atoms with van der Waals surface area (Å²) < 4.78 is 34.4. The normalized spacial score (nSPS) is 11.3. The van der Waals surface area contributed by atoms with Crippen LogP contribution in [0.25, 0.3) is 0 Å². The molecule has 0 aliphatic carbocycles. The highest BCUT2D eigenvalue weighted by Crippen LogP contribution is 2.32. The SMILES string of the molecule is COc1ccc(S(=O)(=O)Nc2c(C)cccc2C(C)C)cc1NC(=O)c1ccccc1. The van der Waals surface area contributed by atoms with E-state index in [1.165, 1.54) is 25.3 Å². The Morgan fingerprint density at radius 3 is 2.32 bits per heavy atom. The Morgan fingerprint density at radius 2 is 1.68 bits per heavy atom. The second kappa shape index (κ2) is 9.22. The largest absolute Gasteiger partial charge is 0.495 e. The van der Waals surface area contributed by atoms with Gasteiger partial charge >= 0.3 is 0 Å². The van der Waals surface area contributed by atoms with Crippen LogP contribution in [-0.2, 0) is 10.0 Å². The third-order valence-electron chi connectivity index (χ3n) is 4.93. The van der Waals surface area contributed by atoms with Crippen molar-refractivity contribution < 1.29 is 17.9 Å². The number of rotatable bonds is 7. The molecule has 2 N–H and O–H groups in total. The molecule has 3 aromatic carbocycles. The van der Waals surface area contributed by atoms with Crippen molar-refractivity contribution >= 4 is 27.3 Å². The van der Waals surface area contributed by atoms with Gasteiger partial charge in [0.25, 0.3) is 15.9 Å². The molecule has 31 heavy (non-hydrogen) atoms. The van der Waals surface area contributed by atoms with E-state index in [-0.39, 0.29) is 22.4 Å². The molecule has 1 amide bonds. The van der Waals surface area contributed by atoms with Crippen LogP contribution in [0.4, 0.5) is 11.4 Å². The maximum atomic E-state index is 13.2. The summed E-state index contributed by atoms with van der Waals surface area (Å²) in [5, 5.41) is 2.74. The fourth-order valence-electron chi connectivity index (χ4n) is 3.24. The first-order chi connectivity index (χ1) is 14.7. The summed E-state index contributed by atoms with van der Waals surface area (Å²) in [6.07, 6.45) is 0. The highest BCUT2D eigenvalue weighted by atomic mass is 32.2. The number of aryl methyl sites for hydroxylation is 1. The van der Waals surface area contributed by atoms with Gasteiger partial charge in [0.05, 0.1) is 23.4 Å².